The Labute approximate surface area is 139 Å². The molecule has 2 aromatic rings. The normalized spacial score (nSPS) is 12.5. The molecule has 0 aliphatic rings. The standard InChI is InChI=1S/C16H16N2O5S/c17-15(19)10-13(16(20)21)18-24(22,23)14-9-5-4-8-12(14)11-6-2-1-3-7-11/h1-9,13,18H,10H2,(H2,17,19)(H,20,21)/t13-/m0/s1. The molecule has 0 aromatic heterocycles. The summed E-state index contributed by atoms with van der Waals surface area (Å²) in [4.78, 5) is 22.0. The zero-order chi connectivity index (χ0) is 17.7. The molecular formula is C16H16N2O5S. The van der Waals surface area contributed by atoms with Crippen molar-refractivity contribution in [1.29, 1.82) is 0 Å². The average Bonchev–Trinajstić information content (AvgIpc) is 2.54. The van der Waals surface area contributed by atoms with E-state index in [1.54, 1.807) is 42.5 Å². The van der Waals surface area contributed by atoms with Crippen molar-refractivity contribution in [3.05, 3.63) is 54.6 Å². The van der Waals surface area contributed by atoms with Crippen molar-refractivity contribution in [2.75, 3.05) is 0 Å². The van der Waals surface area contributed by atoms with Crippen molar-refractivity contribution in [1.82, 2.24) is 4.72 Å². The molecular weight excluding hydrogens is 332 g/mol. The van der Waals surface area contributed by atoms with Crippen molar-refractivity contribution in [2.45, 2.75) is 17.4 Å². The van der Waals surface area contributed by atoms with Gasteiger partial charge < -0.3 is 10.8 Å². The van der Waals surface area contributed by atoms with Gasteiger partial charge in [0.15, 0.2) is 0 Å². The number of hydrogen-bond acceptors (Lipinski definition) is 4. The van der Waals surface area contributed by atoms with Crippen molar-refractivity contribution >= 4 is 21.9 Å². The summed E-state index contributed by atoms with van der Waals surface area (Å²) >= 11 is 0. The van der Waals surface area contributed by atoms with E-state index in [4.69, 9.17) is 10.8 Å². The van der Waals surface area contributed by atoms with Gasteiger partial charge in [-0.2, -0.15) is 4.72 Å². The predicted octanol–water partition coefficient (Wildman–Crippen LogP) is 0.960. The number of amides is 1. The van der Waals surface area contributed by atoms with Crippen LogP contribution in [-0.4, -0.2) is 31.4 Å². The van der Waals surface area contributed by atoms with Crippen LogP contribution in [0.5, 0.6) is 0 Å². The molecule has 0 bridgehead atoms. The van der Waals surface area contributed by atoms with Crippen molar-refractivity contribution in [3.63, 3.8) is 0 Å². The lowest BCUT2D eigenvalue weighted by Crippen LogP contribution is -2.43. The Bertz CT molecular complexity index is 850. The number of nitrogens with two attached hydrogens (primary N) is 1. The Morgan fingerprint density at radius 1 is 1.04 bits per heavy atom. The first kappa shape index (κ1) is 17.6. The molecule has 24 heavy (non-hydrogen) atoms. The quantitative estimate of drug-likeness (QED) is 0.687. The first-order valence-electron chi connectivity index (χ1n) is 6.99. The van der Waals surface area contributed by atoms with Gasteiger partial charge in [0.2, 0.25) is 15.9 Å². The van der Waals surface area contributed by atoms with E-state index in [1.807, 2.05) is 4.72 Å². The molecule has 0 saturated heterocycles. The Morgan fingerprint density at radius 2 is 1.62 bits per heavy atom. The largest absolute Gasteiger partial charge is 0.480 e. The summed E-state index contributed by atoms with van der Waals surface area (Å²) in [5.41, 5.74) is 6.06. The summed E-state index contributed by atoms with van der Waals surface area (Å²) in [7, 11) is -4.17. The van der Waals surface area contributed by atoms with Gasteiger partial charge in [0.1, 0.15) is 6.04 Å². The molecule has 0 heterocycles. The second kappa shape index (κ2) is 7.24. The number of carbonyl (C=O) groups excluding carboxylic acids is 1. The summed E-state index contributed by atoms with van der Waals surface area (Å²) in [5.74, 6) is -2.39. The van der Waals surface area contributed by atoms with Gasteiger partial charge in [-0.05, 0) is 11.6 Å². The summed E-state index contributed by atoms with van der Waals surface area (Å²) in [6.07, 6.45) is -0.637. The van der Waals surface area contributed by atoms with Crippen LogP contribution >= 0.6 is 0 Å². The summed E-state index contributed by atoms with van der Waals surface area (Å²) in [5, 5.41) is 9.08. The number of nitrogens with one attached hydrogen (secondary N) is 1. The lowest BCUT2D eigenvalue weighted by Gasteiger charge is -2.15. The molecule has 0 radical (unpaired) electrons. The van der Waals surface area contributed by atoms with E-state index in [9.17, 15) is 18.0 Å². The molecule has 0 fully saturated rings. The molecule has 2 rings (SSSR count). The van der Waals surface area contributed by atoms with Crippen molar-refractivity contribution < 1.29 is 23.1 Å². The van der Waals surface area contributed by atoms with E-state index >= 15 is 0 Å². The SMILES string of the molecule is NC(=O)C[C@H](NS(=O)(=O)c1ccccc1-c1ccccc1)C(=O)O. The van der Waals surface area contributed by atoms with Gasteiger partial charge in [-0.1, -0.05) is 48.5 Å². The van der Waals surface area contributed by atoms with Crippen LogP contribution in [-0.2, 0) is 19.6 Å². The van der Waals surface area contributed by atoms with Gasteiger partial charge in [-0.3, -0.25) is 9.59 Å². The number of primary amides is 1. The maximum atomic E-state index is 12.6. The smallest absolute Gasteiger partial charge is 0.322 e. The fraction of sp³-hybridized carbons (Fsp3) is 0.125. The molecule has 8 heteroatoms. The van der Waals surface area contributed by atoms with Crippen LogP contribution < -0.4 is 10.5 Å². The molecule has 1 atom stereocenters. The highest BCUT2D eigenvalue weighted by molar-refractivity contribution is 7.89. The van der Waals surface area contributed by atoms with Gasteiger partial charge in [0, 0.05) is 5.56 Å². The molecule has 126 valence electrons. The lowest BCUT2D eigenvalue weighted by molar-refractivity contribution is -0.140. The van der Waals surface area contributed by atoms with Crippen LogP contribution in [0.25, 0.3) is 11.1 Å². The van der Waals surface area contributed by atoms with Crippen molar-refractivity contribution in [2.24, 2.45) is 5.73 Å². The van der Waals surface area contributed by atoms with E-state index < -0.39 is 34.4 Å². The summed E-state index contributed by atoms with van der Waals surface area (Å²) in [6.45, 7) is 0. The number of rotatable bonds is 7. The van der Waals surface area contributed by atoms with Crippen molar-refractivity contribution in [3.8, 4) is 11.1 Å². The molecule has 2 aromatic carbocycles. The van der Waals surface area contributed by atoms with Crippen LogP contribution in [0.15, 0.2) is 59.5 Å². The maximum absolute atomic E-state index is 12.6. The van der Waals surface area contributed by atoms with Crippen LogP contribution in [0.2, 0.25) is 0 Å². The van der Waals surface area contributed by atoms with Gasteiger partial charge in [-0.25, -0.2) is 8.42 Å². The highest BCUT2D eigenvalue weighted by Crippen LogP contribution is 2.27. The molecule has 0 aliphatic carbocycles. The number of sulfonamides is 1. The van der Waals surface area contributed by atoms with E-state index in [0.29, 0.717) is 11.1 Å². The highest BCUT2D eigenvalue weighted by Gasteiger charge is 2.28. The van der Waals surface area contributed by atoms with Gasteiger partial charge in [0.25, 0.3) is 0 Å². The van der Waals surface area contributed by atoms with E-state index in [-0.39, 0.29) is 4.90 Å². The minimum absolute atomic E-state index is 0.0769. The number of hydrogen-bond donors (Lipinski definition) is 3. The van der Waals surface area contributed by atoms with Gasteiger partial charge >= 0.3 is 5.97 Å². The lowest BCUT2D eigenvalue weighted by atomic mass is 10.1. The van der Waals surface area contributed by atoms with Crippen LogP contribution in [0.1, 0.15) is 6.42 Å². The predicted molar refractivity (Wildman–Crippen MR) is 87.4 cm³/mol. The molecule has 1 amide bonds. The van der Waals surface area contributed by atoms with E-state index in [1.165, 1.54) is 12.1 Å². The Balaban J connectivity index is 2.43. The highest BCUT2D eigenvalue weighted by atomic mass is 32.2. The van der Waals surface area contributed by atoms with Crippen LogP contribution in [0.3, 0.4) is 0 Å². The number of carboxylic acids is 1. The Morgan fingerprint density at radius 3 is 2.21 bits per heavy atom. The number of aliphatic carboxylic acids is 1. The molecule has 0 saturated carbocycles. The minimum atomic E-state index is -4.17. The van der Waals surface area contributed by atoms with Gasteiger partial charge in [-0.15, -0.1) is 0 Å². The monoisotopic (exact) mass is 348 g/mol. The zero-order valence-electron chi connectivity index (χ0n) is 12.5. The first-order chi connectivity index (χ1) is 11.3. The average molecular weight is 348 g/mol. The summed E-state index contributed by atoms with van der Waals surface area (Å²) < 4.78 is 27.2. The van der Waals surface area contributed by atoms with Crippen LogP contribution in [0.4, 0.5) is 0 Å². The summed E-state index contributed by atoms with van der Waals surface area (Å²) in [6, 6.07) is 13.4. The maximum Gasteiger partial charge on any atom is 0.322 e. The van der Waals surface area contributed by atoms with E-state index in [2.05, 4.69) is 0 Å². The first-order valence-corrected chi connectivity index (χ1v) is 8.47. The fourth-order valence-corrected chi connectivity index (χ4v) is 3.61. The van der Waals surface area contributed by atoms with Crippen LogP contribution in [0, 0.1) is 0 Å². The number of carbonyl (C=O) groups is 2. The third-order valence-corrected chi connectivity index (χ3v) is 4.79. The fourth-order valence-electron chi connectivity index (χ4n) is 2.19. The second-order valence-electron chi connectivity index (χ2n) is 5.04. The Kier molecular flexibility index (Phi) is 5.32. The molecule has 0 unspecified atom stereocenters. The van der Waals surface area contributed by atoms with E-state index in [0.717, 1.165) is 0 Å². The second-order valence-corrected chi connectivity index (χ2v) is 6.73. The topological polar surface area (TPSA) is 127 Å². The zero-order valence-corrected chi connectivity index (χ0v) is 13.4. The third-order valence-electron chi connectivity index (χ3n) is 3.26. The molecule has 0 spiro atoms. The molecule has 7 nitrogen and oxygen atoms in total. The minimum Gasteiger partial charge on any atom is -0.480 e. The third kappa shape index (κ3) is 4.18. The Hall–Kier alpha value is -2.71. The molecule has 0 aliphatic heterocycles. The number of benzene rings is 2. The van der Waals surface area contributed by atoms with Gasteiger partial charge in [0.05, 0.1) is 11.3 Å². The number of carboxylic acid groups (broad SMARTS) is 1. The molecule has 4 N–H and O–H groups in total.